The summed E-state index contributed by atoms with van der Waals surface area (Å²) in [6.45, 7) is 2.79. The molecule has 1 aromatic heterocycles. The van der Waals surface area contributed by atoms with Crippen LogP contribution in [0.15, 0.2) is 6.07 Å². The van der Waals surface area contributed by atoms with Crippen molar-refractivity contribution in [1.82, 2.24) is 4.98 Å². The number of hydrogen-bond acceptors (Lipinski definition) is 2. The number of nitrogens with two attached hydrogens (primary N) is 1. The molecule has 0 amide bonds. The zero-order valence-electron chi connectivity index (χ0n) is 7.24. The molecular formula is C8H9F3N2. The van der Waals surface area contributed by atoms with Gasteiger partial charge in [-0.15, -0.1) is 0 Å². The molecule has 0 unspecified atom stereocenters. The zero-order chi connectivity index (χ0) is 10.2. The average molecular weight is 190 g/mol. The minimum absolute atomic E-state index is 0.0515. The molecule has 5 heteroatoms. The molecule has 0 fully saturated rings. The Kier molecular flexibility index (Phi) is 2.19. The molecule has 0 aliphatic heterocycles. The average Bonchev–Trinajstić information content (AvgIpc) is 1.94. The maximum Gasteiger partial charge on any atom is 0.433 e. The van der Waals surface area contributed by atoms with Crippen LogP contribution in [0.25, 0.3) is 0 Å². The molecule has 1 aromatic rings. The van der Waals surface area contributed by atoms with Crippen molar-refractivity contribution in [2.75, 3.05) is 5.73 Å². The van der Waals surface area contributed by atoms with Crippen LogP contribution >= 0.6 is 0 Å². The van der Waals surface area contributed by atoms with Gasteiger partial charge in [0.15, 0.2) is 0 Å². The smallest absolute Gasteiger partial charge is 0.397 e. The predicted octanol–water partition coefficient (Wildman–Crippen LogP) is 2.30. The van der Waals surface area contributed by atoms with Gasteiger partial charge in [-0.3, -0.25) is 0 Å². The number of anilines is 1. The summed E-state index contributed by atoms with van der Waals surface area (Å²) in [6, 6.07) is 1.28. The summed E-state index contributed by atoms with van der Waals surface area (Å²) in [7, 11) is 0. The Labute approximate surface area is 73.6 Å². The number of aromatic nitrogens is 1. The fourth-order valence-corrected chi connectivity index (χ4v) is 1.01. The van der Waals surface area contributed by atoms with Gasteiger partial charge in [-0.25, -0.2) is 4.98 Å². The van der Waals surface area contributed by atoms with E-state index in [4.69, 9.17) is 5.73 Å². The number of rotatable bonds is 0. The fraction of sp³-hybridized carbons (Fsp3) is 0.375. The SMILES string of the molecule is Cc1cc(N)c(C)nc1C(F)(F)F. The molecule has 1 heterocycles. The zero-order valence-corrected chi connectivity index (χ0v) is 7.24. The van der Waals surface area contributed by atoms with Crippen LogP contribution in [-0.2, 0) is 6.18 Å². The first kappa shape index (κ1) is 9.83. The van der Waals surface area contributed by atoms with Crippen molar-refractivity contribution in [3.05, 3.63) is 23.0 Å². The molecular weight excluding hydrogens is 181 g/mol. The summed E-state index contributed by atoms with van der Waals surface area (Å²) >= 11 is 0. The van der Waals surface area contributed by atoms with Crippen molar-refractivity contribution in [3.8, 4) is 0 Å². The first-order valence-electron chi connectivity index (χ1n) is 3.63. The summed E-state index contributed by atoms with van der Waals surface area (Å²) in [5, 5.41) is 0. The summed E-state index contributed by atoms with van der Waals surface area (Å²) in [4.78, 5) is 3.39. The Morgan fingerprint density at radius 3 is 2.31 bits per heavy atom. The molecule has 1 rings (SSSR count). The number of hydrogen-bond donors (Lipinski definition) is 1. The Morgan fingerprint density at radius 1 is 1.31 bits per heavy atom. The first-order valence-corrected chi connectivity index (χ1v) is 3.63. The van der Waals surface area contributed by atoms with Crippen LogP contribution in [0, 0.1) is 13.8 Å². The topological polar surface area (TPSA) is 38.9 Å². The van der Waals surface area contributed by atoms with Crippen LogP contribution in [0.5, 0.6) is 0 Å². The molecule has 0 saturated heterocycles. The van der Waals surface area contributed by atoms with Gasteiger partial charge in [0.2, 0.25) is 0 Å². The second kappa shape index (κ2) is 2.90. The highest BCUT2D eigenvalue weighted by atomic mass is 19.4. The van der Waals surface area contributed by atoms with E-state index < -0.39 is 11.9 Å². The van der Waals surface area contributed by atoms with Crippen molar-refractivity contribution < 1.29 is 13.2 Å². The lowest BCUT2D eigenvalue weighted by atomic mass is 10.1. The van der Waals surface area contributed by atoms with Gasteiger partial charge in [-0.2, -0.15) is 13.2 Å². The van der Waals surface area contributed by atoms with Gasteiger partial charge in [0, 0.05) is 0 Å². The molecule has 0 aromatic carbocycles. The standard InChI is InChI=1S/C8H9F3N2/c1-4-3-6(12)5(2)13-7(4)8(9,10)11/h3H,12H2,1-2H3. The van der Waals surface area contributed by atoms with E-state index >= 15 is 0 Å². The lowest BCUT2D eigenvalue weighted by molar-refractivity contribution is -0.141. The molecule has 13 heavy (non-hydrogen) atoms. The highest BCUT2D eigenvalue weighted by Gasteiger charge is 2.34. The lowest BCUT2D eigenvalue weighted by Gasteiger charge is -2.10. The van der Waals surface area contributed by atoms with Crippen LogP contribution in [0.4, 0.5) is 18.9 Å². The van der Waals surface area contributed by atoms with Gasteiger partial charge >= 0.3 is 6.18 Å². The highest BCUT2D eigenvalue weighted by molar-refractivity contribution is 5.46. The van der Waals surface area contributed by atoms with E-state index in [1.807, 2.05) is 0 Å². The number of aryl methyl sites for hydroxylation is 2. The van der Waals surface area contributed by atoms with Crippen molar-refractivity contribution in [1.29, 1.82) is 0 Å². The Morgan fingerprint density at radius 2 is 1.85 bits per heavy atom. The summed E-state index contributed by atoms with van der Waals surface area (Å²) in [5.41, 5.74) is 5.08. The first-order chi connectivity index (χ1) is 5.82. The minimum atomic E-state index is -4.40. The second-order valence-electron chi connectivity index (χ2n) is 2.83. The molecule has 0 bridgehead atoms. The maximum atomic E-state index is 12.3. The monoisotopic (exact) mass is 190 g/mol. The van der Waals surface area contributed by atoms with Gasteiger partial charge < -0.3 is 5.73 Å². The van der Waals surface area contributed by atoms with E-state index in [1.165, 1.54) is 19.9 Å². The largest absolute Gasteiger partial charge is 0.433 e. The van der Waals surface area contributed by atoms with Crippen LogP contribution in [0.2, 0.25) is 0 Å². The van der Waals surface area contributed by atoms with Crippen molar-refractivity contribution in [2.45, 2.75) is 20.0 Å². The molecule has 72 valence electrons. The van der Waals surface area contributed by atoms with E-state index in [9.17, 15) is 13.2 Å². The van der Waals surface area contributed by atoms with E-state index in [-0.39, 0.29) is 16.9 Å². The number of nitrogens with zero attached hydrogens (tertiary/aromatic N) is 1. The number of pyridine rings is 1. The van der Waals surface area contributed by atoms with Crippen molar-refractivity contribution in [2.24, 2.45) is 0 Å². The fourth-order valence-electron chi connectivity index (χ4n) is 1.01. The molecule has 0 aliphatic carbocycles. The van der Waals surface area contributed by atoms with Crippen LogP contribution in [0.3, 0.4) is 0 Å². The Bertz CT molecular complexity index is 331. The van der Waals surface area contributed by atoms with E-state index in [1.54, 1.807) is 0 Å². The van der Waals surface area contributed by atoms with E-state index in [0.29, 0.717) is 0 Å². The van der Waals surface area contributed by atoms with Gasteiger partial charge in [0.1, 0.15) is 5.69 Å². The van der Waals surface area contributed by atoms with Crippen LogP contribution in [0.1, 0.15) is 17.0 Å². The third-order valence-electron chi connectivity index (χ3n) is 1.71. The second-order valence-corrected chi connectivity index (χ2v) is 2.83. The third kappa shape index (κ3) is 1.91. The number of nitrogen functional groups attached to an aromatic ring is 1. The van der Waals surface area contributed by atoms with Gasteiger partial charge in [-0.05, 0) is 25.5 Å². The van der Waals surface area contributed by atoms with E-state index in [2.05, 4.69) is 4.98 Å². The van der Waals surface area contributed by atoms with Crippen LogP contribution in [-0.4, -0.2) is 4.98 Å². The molecule has 0 spiro atoms. The molecule has 2 nitrogen and oxygen atoms in total. The number of alkyl halides is 3. The maximum absolute atomic E-state index is 12.3. The third-order valence-corrected chi connectivity index (χ3v) is 1.71. The van der Waals surface area contributed by atoms with E-state index in [0.717, 1.165) is 0 Å². The molecule has 0 saturated carbocycles. The quantitative estimate of drug-likeness (QED) is 0.681. The normalized spacial score (nSPS) is 11.8. The highest BCUT2D eigenvalue weighted by Crippen LogP contribution is 2.31. The molecule has 0 radical (unpaired) electrons. The minimum Gasteiger partial charge on any atom is -0.397 e. The van der Waals surface area contributed by atoms with Crippen molar-refractivity contribution >= 4 is 5.69 Å². The molecule has 0 atom stereocenters. The Balaban J connectivity index is 3.32. The molecule has 2 N–H and O–H groups in total. The number of halogens is 3. The summed E-state index contributed by atoms with van der Waals surface area (Å²) in [6.07, 6.45) is -4.40. The summed E-state index contributed by atoms with van der Waals surface area (Å²) in [5.74, 6) is 0. The van der Waals surface area contributed by atoms with Gasteiger partial charge in [0.25, 0.3) is 0 Å². The van der Waals surface area contributed by atoms with Gasteiger partial charge in [0.05, 0.1) is 11.4 Å². The Hall–Kier alpha value is -1.26. The molecule has 0 aliphatic rings. The predicted molar refractivity (Wildman–Crippen MR) is 43.1 cm³/mol. The summed E-state index contributed by atoms with van der Waals surface area (Å²) < 4.78 is 36.8. The van der Waals surface area contributed by atoms with Gasteiger partial charge in [-0.1, -0.05) is 0 Å². The lowest BCUT2D eigenvalue weighted by Crippen LogP contribution is -2.12. The van der Waals surface area contributed by atoms with Crippen LogP contribution < -0.4 is 5.73 Å². The van der Waals surface area contributed by atoms with Crippen molar-refractivity contribution in [3.63, 3.8) is 0 Å².